The molecule has 2 fully saturated rings. The molecule has 3 atom stereocenters. The van der Waals surface area contributed by atoms with Gasteiger partial charge < -0.3 is 15.3 Å². The van der Waals surface area contributed by atoms with Gasteiger partial charge in [0.2, 0.25) is 0 Å². The average Bonchev–Trinajstić information content (AvgIpc) is 2.87. The van der Waals surface area contributed by atoms with Crippen LogP contribution >= 0.6 is 11.8 Å². The molecule has 6 heteroatoms. The first-order valence-corrected chi connectivity index (χ1v) is 8.81. The Morgan fingerprint density at radius 3 is 2.80 bits per heavy atom. The number of urea groups is 1. The zero-order valence-electron chi connectivity index (χ0n) is 12.0. The van der Waals surface area contributed by atoms with Crippen molar-refractivity contribution < 1.29 is 14.7 Å². The summed E-state index contributed by atoms with van der Waals surface area (Å²) in [6.07, 6.45) is 8.21. The summed E-state index contributed by atoms with van der Waals surface area (Å²) in [6, 6.07) is -0.621. The van der Waals surface area contributed by atoms with Crippen LogP contribution in [0.1, 0.15) is 38.5 Å². The Morgan fingerprint density at radius 2 is 2.10 bits per heavy atom. The molecular formula is C14H24N2O3S. The fourth-order valence-corrected chi connectivity index (χ4v) is 3.85. The molecule has 1 aliphatic carbocycles. The van der Waals surface area contributed by atoms with E-state index in [1.165, 1.54) is 19.3 Å². The van der Waals surface area contributed by atoms with Crippen molar-refractivity contribution in [3.8, 4) is 0 Å². The van der Waals surface area contributed by atoms with Crippen LogP contribution < -0.4 is 5.32 Å². The number of carbonyl (C=O) groups excluding carboxylic acids is 1. The molecule has 1 aliphatic heterocycles. The highest BCUT2D eigenvalue weighted by molar-refractivity contribution is 7.98. The Balaban J connectivity index is 1.91. The lowest BCUT2D eigenvalue weighted by atomic mass is 9.85. The van der Waals surface area contributed by atoms with Gasteiger partial charge in [0.15, 0.2) is 0 Å². The summed E-state index contributed by atoms with van der Waals surface area (Å²) in [5, 5.41) is 11.9. The lowest BCUT2D eigenvalue weighted by Crippen LogP contribution is -2.50. The first-order valence-electron chi connectivity index (χ1n) is 7.42. The quantitative estimate of drug-likeness (QED) is 0.816. The van der Waals surface area contributed by atoms with Crippen LogP contribution in [0.4, 0.5) is 4.79 Å². The van der Waals surface area contributed by atoms with Crippen molar-refractivity contribution >= 4 is 23.8 Å². The van der Waals surface area contributed by atoms with Crippen LogP contribution in [0.2, 0.25) is 0 Å². The van der Waals surface area contributed by atoms with Crippen molar-refractivity contribution in [2.24, 2.45) is 5.92 Å². The molecule has 2 rings (SSSR count). The minimum Gasteiger partial charge on any atom is -0.480 e. The Hall–Kier alpha value is -0.910. The van der Waals surface area contributed by atoms with Gasteiger partial charge in [-0.1, -0.05) is 12.8 Å². The fraction of sp³-hybridized carbons (Fsp3) is 0.857. The number of likely N-dealkylation sites (tertiary alicyclic amines) is 1. The Kier molecular flexibility index (Phi) is 5.57. The van der Waals surface area contributed by atoms with E-state index in [4.69, 9.17) is 0 Å². The van der Waals surface area contributed by atoms with Gasteiger partial charge in [-0.25, -0.2) is 9.59 Å². The minimum atomic E-state index is -0.938. The van der Waals surface area contributed by atoms with Crippen LogP contribution in [0.3, 0.4) is 0 Å². The molecule has 0 aromatic rings. The number of hydrogen-bond donors (Lipinski definition) is 2. The van der Waals surface area contributed by atoms with Crippen LogP contribution in [0.25, 0.3) is 0 Å². The first kappa shape index (κ1) is 15.5. The molecule has 1 saturated heterocycles. The molecule has 0 aromatic carbocycles. The van der Waals surface area contributed by atoms with Crippen LogP contribution in [0.5, 0.6) is 0 Å². The van der Waals surface area contributed by atoms with E-state index in [-0.39, 0.29) is 6.03 Å². The molecule has 0 radical (unpaired) electrons. The number of thioether (sulfide) groups is 1. The first-order chi connectivity index (χ1) is 9.63. The molecule has 114 valence electrons. The third-order valence-corrected chi connectivity index (χ3v) is 5.12. The molecule has 20 heavy (non-hydrogen) atoms. The molecule has 0 spiro atoms. The number of nitrogens with zero attached hydrogens (tertiary/aromatic N) is 1. The molecule has 1 heterocycles. The van der Waals surface area contributed by atoms with Gasteiger partial charge in [0.25, 0.3) is 0 Å². The van der Waals surface area contributed by atoms with Gasteiger partial charge in [-0.3, -0.25) is 0 Å². The number of rotatable bonds is 5. The second-order valence-corrected chi connectivity index (χ2v) is 6.70. The molecule has 2 unspecified atom stereocenters. The summed E-state index contributed by atoms with van der Waals surface area (Å²) in [5.74, 6) is 0.430. The highest BCUT2D eigenvalue weighted by atomic mass is 32.2. The van der Waals surface area contributed by atoms with E-state index in [1.54, 1.807) is 11.8 Å². The largest absolute Gasteiger partial charge is 0.480 e. The Morgan fingerprint density at radius 1 is 1.35 bits per heavy atom. The van der Waals surface area contributed by atoms with Crippen molar-refractivity contribution in [3.05, 3.63) is 0 Å². The lowest BCUT2D eigenvalue weighted by molar-refractivity contribution is -0.139. The van der Waals surface area contributed by atoms with Crippen molar-refractivity contribution in [1.29, 1.82) is 0 Å². The number of hydrogen-bond acceptors (Lipinski definition) is 3. The summed E-state index contributed by atoms with van der Waals surface area (Å²) >= 11 is 1.60. The molecular weight excluding hydrogens is 276 g/mol. The molecule has 5 nitrogen and oxygen atoms in total. The fourth-order valence-electron chi connectivity index (χ4n) is 3.38. The molecule has 2 amide bonds. The number of fused-ring (bicyclic) bond motifs is 1. The number of carboxylic acids is 1. The van der Waals surface area contributed by atoms with Gasteiger partial charge in [0.05, 0.1) is 0 Å². The predicted octanol–water partition coefficient (Wildman–Crippen LogP) is 2.17. The zero-order valence-corrected chi connectivity index (χ0v) is 12.8. The van der Waals surface area contributed by atoms with Crippen molar-refractivity contribution in [1.82, 2.24) is 10.2 Å². The number of carboxylic acid groups (broad SMARTS) is 1. The number of aliphatic carboxylic acids is 1. The Bertz CT molecular complexity index is 364. The second kappa shape index (κ2) is 7.20. The van der Waals surface area contributed by atoms with Gasteiger partial charge in [-0.2, -0.15) is 11.8 Å². The summed E-state index contributed by atoms with van der Waals surface area (Å²) in [7, 11) is 0. The maximum Gasteiger partial charge on any atom is 0.326 e. The number of carbonyl (C=O) groups is 2. The number of nitrogens with one attached hydrogen (secondary N) is 1. The molecule has 0 bridgehead atoms. The topological polar surface area (TPSA) is 69.6 Å². The highest BCUT2D eigenvalue weighted by Crippen LogP contribution is 2.36. The van der Waals surface area contributed by atoms with Crippen molar-refractivity contribution in [2.45, 2.75) is 50.6 Å². The van der Waals surface area contributed by atoms with E-state index < -0.39 is 12.0 Å². The molecule has 0 aromatic heterocycles. The monoisotopic (exact) mass is 300 g/mol. The third kappa shape index (κ3) is 3.59. The minimum absolute atomic E-state index is 0.187. The molecule has 2 N–H and O–H groups in total. The smallest absolute Gasteiger partial charge is 0.326 e. The lowest BCUT2D eigenvalue weighted by Gasteiger charge is -2.32. The summed E-state index contributed by atoms with van der Waals surface area (Å²) in [5.41, 5.74) is 0. The molecule has 1 saturated carbocycles. The maximum absolute atomic E-state index is 12.3. The van der Waals surface area contributed by atoms with Gasteiger partial charge in [0, 0.05) is 12.6 Å². The SMILES string of the molecule is CSCC[C@@H](NC(=O)N1CCC2CCCCC21)C(=O)O. The van der Waals surface area contributed by atoms with Crippen molar-refractivity contribution in [3.63, 3.8) is 0 Å². The number of amides is 2. The van der Waals surface area contributed by atoms with Crippen LogP contribution in [0.15, 0.2) is 0 Å². The summed E-state index contributed by atoms with van der Waals surface area (Å²) < 4.78 is 0. The maximum atomic E-state index is 12.3. The van der Waals surface area contributed by atoms with Crippen LogP contribution in [-0.4, -0.2) is 52.6 Å². The standard InChI is InChI=1S/C14H24N2O3S/c1-20-9-7-11(13(17)18)15-14(19)16-8-6-10-4-2-3-5-12(10)16/h10-12H,2-9H2,1H3,(H,15,19)(H,17,18)/t10?,11-,12?/m1/s1. The van der Waals surface area contributed by atoms with E-state index in [0.29, 0.717) is 18.4 Å². The Labute approximate surface area is 124 Å². The summed E-state index contributed by atoms with van der Waals surface area (Å²) in [6.45, 7) is 0.774. The normalized spacial score (nSPS) is 26.9. The van der Waals surface area contributed by atoms with E-state index in [0.717, 1.165) is 25.1 Å². The second-order valence-electron chi connectivity index (χ2n) is 5.72. The van der Waals surface area contributed by atoms with E-state index >= 15 is 0 Å². The van der Waals surface area contributed by atoms with Crippen molar-refractivity contribution in [2.75, 3.05) is 18.6 Å². The third-order valence-electron chi connectivity index (χ3n) is 4.48. The zero-order chi connectivity index (χ0) is 14.5. The van der Waals surface area contributed by atoms with E-state index in [2.05, 4.69) is 5.32 Å². The molecule has 2 aliphatic rings. The average molecular weight is 300 g/mol. The van der Waals surface area contributed by atoms with Gasteiger partial charge in [-0.05, 0) is 43.6 Å². The van der Waals surface area contributed by atoms with Gasteiger partial charge in [0.1, 0.15) is 6.04 Å². The van der Waals surface area contributed by atoms with Crippen LogP contribution in [-0.2, 0) is 4.79 Å². The highest BCUT2D eigenvalue weighted by Gasteiger charge is 2.38. The van der Waals surface area contributed by atoms with Gasteiger partial charge in [-0.15, -0.1) is 0 Å². The van der Waals surface area contributed by atoms with E-state index in [9.17, 15) is 14.7 Å². The van der Waals surface area contributed by atoms with E-state index in [1.807, 2.05) is 11.2 Å². The predicted molar refractivity (Wildman–Crippen MR) is 80.0 cm³/mol. The van der Waals surface area contributed by atoms with Crippen LogP contribution in [0, 0.1) is 5.92 Å². The summed E-state index contributed by atoms with van der Waals surface area (Å²) in [4.78, 5) is 25.4. The van der Waals surface area contributed by atoms with Gasteiger partial charge >= 0.3 is 12.0 Å².